The largest absolute Gasteiger partial charge is 0.474 e. The second-order valence-electron chi connectivity index (χ2n) is 7.98. The summed E-state index contributed by atoms with van der Waals surface area (Å²) in [6.45, 7) is 2.00. The number of pyridine rings is 1. The van der Waals surface area contributed by atoms with Crippen molar-refractivity contribution in [1.29, 1.82) is 0 Å². The van der Waals surface area contributed by atoms with Crippen LogP contribution in [-0.4, -0.2) is 64.9 Å². The summed E-state index contributed by atoms with van der Waals surface area (Å²) in [5, 5.41) is 13.4. The van der Waals surface area contributed by atoms with Gasteiger partial charge in [0.2, 0.25) is 5.88 Å². The van der Waals surface area contributed by atoms with Crippen LogP contribution in [0.2, 0.25) is 0 Å². The molecule has 4 rings (SSSR count). The van der Waals surface area contributed by atoms with Crippen LogP contribution < -0.4 is 10.1 Å². The SMILES string of the molecule is CNC(=O)c1csc2c(C(F)(F)F)cc(OC3CC(OC(=O)N4CC(C)(O)C4)C3)nc12. The molecule has 2 N–H and O–H groups in total. The molecule has 0 atom stereocenters. The summed E-state index contributed by atoms with van der Waals surface area (Å²) in [5.41, 5.74) is -1.84. The number of carbonyl (C=O) groups is 2. The Labute approximate surface area is 178 Å². The van der Waals surface area contributed by atoms with Gasteiger partial charge in [0.25, 0.3) is 5.91 Å². The van der Waals surface area contributed by atoms with Crippen LogP contribution in [0.3, 0.4) is 0 Å². The van der Waals surface area contributed by atoms with Crippen LogP contribution in [0.25, 0.3) is 10.2 Å². The van der Waals surface area contributed by atoms with Gasteiger partial charge < -0.3 is 24.8 Å². The number of nitrogens with one attached hydrogen (secondary N) is 1. The molecule has 0 bridgehead atoms. The lowest BCUT2D eigenvalue weighted by atomic mass is 9.92. The maximum atomic E-state index is 13.5. The van der Waals surface area contributed by atoms with Crippen molar-refractivity contribution in [1.82, 2.24) is 15.2 Å². The molecular formula is C19H20F3N3O5S. The van der Waals surface area contributed by atoms with Crippen LogP contribution in [-0.2, 0) is 10.9 Å². The fourth-order valence-electron chi connectivity index (χ4n) is 3.55. The van der Waals surface area contributed by atoms with Gasteiger partial charge in [0, 0.05) is 31.3 Å². The van der Waals surface area contributed by atoms with E-state index in [2.05, 4.69) is 10.3 Å². The van der Waals surface area contributed by atoms with Gasteiger partial charge in [-0.15, -0.1) is 11.3 Å². The van der Waals surface area contributed by atoms with E-state index in [0.29, 0.717) is 12.8 Å². The number of hydrogen-bond donors (Lipinski definition) is 2. The van der Waals surface area contributed by atoms with Crippen molar-refractivity contribution in [2.75, 3.05) is 20.1 Å². The van der Waals surface area contributed by atoms with Crippen molar-refractivity contribution in [2.45, 2.75) is 43.8 Å². The van der Waals surface area contributed by atoms with Gasteiger partial charge >= 0.3 is 12.3 Å². The second-order valence-corrected chi connectivity index (χ2v) is 8.86. The molecule has 8 nitrogen and oxygen atoms in total. The van der Waals surface area contributed by atoms with E-state index >= 15 is 0 Å². The average Bonchev–Trinajstić information content (AvgIpc) is 3.05. The zero-order valence-corrected chi connectivity index (χ0v) is 17.5. The topological polar surface area (TPSA) is 101 Å². The molecule has 0 radical (unpaired) electrons. The van der Waals surface area contributed by atoms with Crippen molar-refractivity contribution in [2.24, 2.45) is 0 Å². The van der Waals surface area contributed by atoms with Crippen LogP contribution in [0.4, 0.5) is 18.0 Å². The molecule has 2 amide bonds. The summed E-state index contributed by atoms with van der Waals surface area (Å²) >= 11 is 0.797. The molecule has 2 aromatic heterocycles. The smallest absolute Gasteiger partial charge is 0.418 e. The fourth-order valence-corrected chi connectivity index (χ4v) is 4.58. The lowest BCUT2D eigenvalue weighted by molar-refractivity contribution is -0.136. The maximum Gasteiger partial charge on any atom is 0.418 e. The molecule has 3 heterocycles. The minimum Gasteiger partial charge on any atom is -0.474 e. The summed E-state index contributed by atoms with van der Waals surface area (Å²) in [4.78, 5) is 29.5. The molecule has 2 aliphatic rings. The Morgan fingerprint density at radius 2 is 2.00 bits per heavy atom. The van der Waals surface area contributed by atoms with E-state index < -0.39 is 41.5 Å². The first-order valence-electron chi connectivity index (χ1n) is 9.53. The van der Waals surface area contributed by atoms with Crippen LogP contribution in [0.15, 0.2) is 11.4 Å². The van der Waals surface area contributed by atoms with Gasteiger partial charge in [-0.05, 0) is 6.92 Å². The zero-order valence-electron chi connectivity index (χ0n) is 16.7. The number of nitrogens with zero attached hydrogens (tertiary/aromatic N) is 2. The van der Waals surface area contributed by atoms with Gasteiger partial charge in [-0.25, -0.2) is 9.78 Å². The number of hydrogen-bond acceptors (Lipinski definition) is 7. The fraction of sp³-hybridized carbons (Fsp3) is 0.526. The van der Waals surface area contributed by atoms with Crippen LogP contribution >= 0.6 is 11.3 Å². The second kappa shape index (κ2) is 7.52. The Balaban J connectivity index is 1.44. The number of likely N-dealkylation sites (tertiary alicyclic amines) is 1. The third-order valence-electron chi connectivity index (χ3n) is 5.20. The normalized spacial score (nSPS) is 22.5. The van der Waals surface area contributed by atoms with Crippen LogP contribution in [0.1, 0.15) is 35.7 Å². The highest BCUT2D eigenvalue weighted by Crippen LogP contribution is 2.41. The van der Waals surface area contributed by atoms with Crippen molar-refractivity contribution in [3.63, 3.8) is 0 Å². The molecule has 1 saturated carbocycles. The predicted octanol–water partition coefficient (Wildman–Crippen LogP) is 2.79. The molecule has 1 aliphatic heterocycles. The Bertz CT molecular complexity index is 1020. The molecule has 12 heteroatoms. The highest BCUT2D eigenvalue weighted by Gasteiger charge is 2.43. The van der Waals surface area contributed by atoms with Crippen molar-refractivity contribution in [3.05, 3.63) is 22.6 Å². The molecule has 0 aromatic carbocycles. The summed E-state index contributed by atoms with van der Waals surface area (Å²) in [6, 6.07) is 0.827. The lowest BCUT2D eigenvalue weighted by Gasteiger charge is -2.44. The van der Waals surface area contributed by atoms with Gasteiger partial charge in [-0.2, -0.15) is 13.2 Å². The Morgan fingerprint density at radius 1 is 1.32 bits per heavy atom. The van der Waals surface area contributed by atoms with E-state index in [0.717, 1.165) is 17.4 Å². The van der Waals surface area contributed by atoms with Crippen molar-refractivity contribution in [3.8, 4) is 5.88 Å². The summed E-state index contributed by atoms with van der Waals surface area (Å²) < 4.78 is 51.4. The van der Waals surface area contributed by atoms with Crippen molar-refractivity contribution >= 4 is 33.6 Å². The number of rotatable bonds is 4. The number of aromatic nitrogens is 1. The minimum absolute atomic E-state index is 0.0456. The van der Waals surface area contributed by atoms with Crippen molar-refractivity contribution < 1.29 is 37.3 Å². The predicted molar refractivity (Wildman–Crippen MR) is 104 cm³/mol. The van der Waals surface area contributed by atoms with E-state index in [1.807, 2.05) is 0 Å². The number of halogens is 3. The van der Waals surface area contributed by atoms with E-state index in [1.165, 1.54) is 17.3 Å². The quantitative estimate of drug-likeness (QED) is 0.729. The highest BCUT2D eigenvalue weighted by atomic mass is 32.1. The monoisotopic (exact) mass is 459 g/mol. The third kappa shape index (κ3) is 4.26. The van der Waals surface area contributed by atoms with Crippen LogP contribution in [0.5, 0.6) is 5.88 Å². The summed E-state index contributed by atoms with van der Waals surface area (Å²) in [7, 11) is 1.38. The first-order valence-corrected chi connectivity index (χ1v) is 10.4. The Hall–Kier alpha value is -2.60. The Kier molecular flexibility index (Phi) is 5.24. The Morgan fingerprint density at radius 3 is 2.58 bits per heavy atom. The number of carbonyl (C=O) groups excluding carboxylic acids is 2. The number of alkyl halides is 3. The molecule has 0 unspecified atom stereocenters. The molecule has 1 aliphatic carbocycles. The summed E-state index contributed by atoms with van der Waals surface area (Å²) in [6.07, 6.45) is -5.45. The maximum absolute atomic E-state index is 13.5. The average molecular weight is 459 g/mol. The molecule has 1 saturated heterocycles. The molecule has 168 valence electrons. The molecule has 0 spiro atoms. The first kappa shape index (κ1) is 21.6. The first-order chi connectivity index (χ1) is 14.5. The number of ether oxygens (including phenoxy) is 2. The number of fused-ring (bicyclic) bond motifs is 1. The third-order valence-corrected chi connectivity index (χ3v) is 6.21. The van der Waals surface area contributed by atoms with Gasteiger partial charge in [-0.3, -0.25) is 4.79 Å². The molecular weight excluding hydrogens is 439 g/mol. The zero-order chi connectivity index (χ0) is 22.6. The number of aliphatic hydroxyl groups is 1. The lowest BCUT2D eigenvalue weighted by Crippen LogP contribution is -2.62. The highest BCUT2D eigenvalue weighted by molar-refractivity contribution is 7.17. The number of thiophene rings is 1. The van der Waals surface area contributed by atoms with Gasteiger partial charge in [0.1, 0.15) is 12.2 Å². The van der Waals surface area contributed by atoms with E-state index in [1.54, 1.807) is 6.92 Å². The number of β-amino-alcohol motifs (C(OH)–C–C–N with tert-alkyl or cyclic N) is 1. The van der Waals surface area contributed by atoms with E-state index in [4.69, 9.17) is 9.47 Å². The molecule has 2 fully saturated rings. The molecule has 31 heavy (non-hydrogen) atoms. The van der Waals surface area contributed by atoms with Crippen LogP contribution in [0, 0.1) is 0 Å². The van der Waals surface area contributed by atoms with Gasteiger partial charge in [-0.1, -0.05) is 0 Å². The van der Waals surface area contributed by atoms with E-state index in [-0.39, 0.29) is 34.7 Å². The van der Waals surface area contributed by atoms with E-state index in [9.17, 15) is 27.9 Å². The molecule has 2 aromatic rings. The van der Waals surface area contributed by atoms with Gasteiger partial charge in [0.05, 0.1) is 40.0 Å². The minimum atomic E-state index is -4.64. The standard InChI is InChI=1S/C19H20F3N3O5S/c1-18(28)7-25(8-18)17(27)30-10-3-9(4-10)29-13-5-12(19(20,21)22)15-14(24-13)11(6-31-15)16(26)23-2/h5-6,9-10,28H,3-4,7-8H2,1-2H3,(H,23,26). The summed E-state index contributed by atoms with van der Waals surface area (Å²) in [5.74, 6) is -0.776. The number of amides is 2. The van der Waals surface area contributed by atoms with Gasteiger partial charge in [0.15, 0.2) is 0 Å².